The number of rotatable bonds is 7. The standard InChI is InChI=1S/C14H30N2/c1-11(2)9-16(10-12(3)4)14-7-6-13(14)8-15-5/h11-15H,6-10H2,1-5H3. The van der Waals surface area contributed by atoms with Crippen LogP contribution in [0.15, 0.2) is 0 Å². The molecule has 0 aromatic rings. The lowest BCUT2D eigenvalue weighted by molar-refractivity contribution is 0.0445. The summed E-state index contributed by atoms with van der Waals surface area (Å²) in [5.74, 6) is 2.46. The van der Waals surface area contributed by atoms with Crippen LogP contribution >= 0.6 is 0 Å². The van der Waals surface area contributed by atoms with Crippen LogP contribution in [0, 0.1) is 17.8 Å². The van der Waals surface area contributed by atoms with Crippen molar-refractivity contribution < 1.29 is 0 Å². The predicted octanol–water partition coefficient (Wildman–Crippen LogP) is 2.60. The van der Waals surface area contributed by atoms with E-state index >= 15 is 0 Å². The van der Waals surface area contributed by atoms with Gasteiger partial charge in [0.05, 0.1) is 0 Å². The van der Waals surface area contributed by atoms with Gasteiger partial charge in [0.1, 0.15) is 0 Å². The first kappa shape index (κ1) is 14.0. The van der Waals surface area contributed by atoms with Crippen LogP contribution in [0.4, 0.5) is 0 Å². The molecule has 96 valence electrons. The molecule has 2 heteroatoms. The fourth-order valence-electron chi connectivity index (χ4n) is 2.82. The number of hydrogen-bond donors (Lipinski definition) is 1. The first-order chi connectivity index (χ1) is 7.54. The molecule has 1 rings (SSSR count). The Morgan fingerprint density at radius 3 is 1.94 bits per heavy atom. The molecule has 2 nitrogen and oxygen atoms in total. The molecule has 1 aliphatic carbocycles. The highest BCUT2D eigenvalue weighted by Crippen LogP contribution is 2.32. The summed E-state index contributed by atoms with van der Waals surface area (Å²) in [7, 11) is 2.07. The van der Waals surface area contributed by atoms with Crippen molar-refractivity contribution in [1.82, 2.24) is 10.2 Å². The van der Waals surface area contributed by atoms with Crippen molar-refractivity contribution in [1.29, 1.82) is 0 Å². The molecular formula is C14H30N2. The zero-order valence-corrected chi connectivity index (χ0v) is 11.8. The smallest absolute Gasteiger partial charge is 0.0136 e. The Balaban J connectivity index is 2.47. The average molecular weight is 226 g/mol. The van der Waals surface area contributed by atoms with Gasteiger partial charge in [-0.2, -0.15) is 0 Å². The maximum absolute atomic E-state index is 3.33. The lowest BCUT2D eigenvalue weighted by Gasteiger charge is -2.46. The van der Waals surface area contributed by atoms with E-state index in [0.717, 1.165) is 23.8 Å². The van der Waals surface area contributed by atoms with Gasteiger partial charge in [-0.25, -0.2) is 0 Å². The third kappa shape index (κ3) is 4.06. The summed E-state index contributed by atoms with van der Waals surface area (Å²) in [6.45, 7) is 13.1. The van der Waals surface area contributed by atoms with Gasteiger partial charge in [0.15, 0.2) is 0 Å². The van der Waals surface area contributed by atoms with Gasteiger partial charge < -0.3 is 5.32 Å². The van der Waals surface area contributed by atoms with Crippen molar-refractivity contribution in [3.8, 4) is 0 Å². The highest BCUT2D eigenvalue weighted by atomic mass is 15.2. The molecule has 0 aromatic carbocycles. The second-order valence-corrected chi connectivity index (χ2v) is 6.20. The molecule has 0 bridgehead atoms. The van der Waals surface area contributed by atoms with Crippen molar-refractivity contribution >= 4 is 0 Å². The lowest BCUT2D eigenvalue weighted by Crippen LogP contribution is -2.52. The van der Waals surface area contributed by atoms with Crippen LogP contribution in [-0.2, 0) is 0 Å². The lowest BCUT2D eigenvalue weighted by atomic mass is 9.78. The summed E-state index contributed by atoms with van der Waals surface area (Å²) in [6, 6.07) is 0.845. The van der Waals surface area contributed by atoms with Crippen molar-refractivity contribution in [2.75, 3.05) is 26.7 Å². The topological polar surface area (TPSA) is 15.3 Å². The molecule has 0 aromatic heterocycles. The van der Waals surface area contributed by atoms with Gasteiger partial charge >= 0.3 is 0 Å². The molecule has 0 amide bonds. The van der Waals surface area contributed by atoms with Crippen LogP contribution in [0.25, 0.3) is 0 Å². The predicted molar refractivity (Wildman–Crippen MR) is 71.7 cm³/mol. The van der Waals surface area contributed by atoms with E-state index in [1.807, 2.05) is 0 Å². The third-order valence-corrected chi connectivity index (χ3v) is 3.51. The Bertz CT molecular complexity index is 179. The molecule has 0 saturated heterocycles. The molecule has 0 radical (unpaired) electrons. The molecular weight excluding hydrogens is 196 g/mol. The fourth-order valence-corrected chi connectivity index (χ4v) is 2.82. The normalized spacial score (nSPS) is 25.5. The quantitative estimate of drug-likeness (QED) is 0.718. The van der Waals surface area contributed by atoms with Crippen LogP contribution in [-0.4, -0.2) is 37.6 Å². The van der Waals surface area contributed by atoms with Crippen LogP contribution in [0.2, 0.25) is 0 Å². The largest absolute Gasteiger partial charge is 0.319 e. The second-order valence-electron chi connectivity index (χ2n) is 6.20. The van der Waals surface area contributed by atoms with Crippen LogP contribution < -0.4 is 5.32 Å². The van der Waals surface area contributed by atoms with Gasteiger partial charge in [-0.15, -0.1) is 0 Å². The third-order valence-electron chi connectivity index (χ3n) is 3.51. The minimum atomic E-state index is 0.787. The van der Waals surface area contributed by atoms with Crippen molar-refractivity contribution in [3.05, 3.63) is 0 Å². The molecule has 1 N–H and O–H groups in total. The summed E-state index contributed by atoms with van der Waals surface area (Å²) in [5, 5.41) is 3.33. The molecule has 16 heavy (non-hydrogen) atoms. The monoisotopic (exact) mass is 226 g/mol. The van der Waals surface area contributed by atoms with E-state index < -0.39 is 0 Å². The molecule has 0 spiro atoms. The molecule has 1 aliphatic rings. The van der Waals surface area contributed by atoms with Gasteiger partial charge in [-0.3, -0.25) is 4.90 Å². The molecule has 2 atom stereocenters. The summed E-state index contributed by atoms with van der Waals surface area (Å²) in [6.07, 6.45) is 2.82. The highest BCUT2D eigenvalue weighted by Gasteiger charge is 2.35. The van der Waals surface area contributed by atoms with E-state index in [1.165, 1.54) is 32.5 Å². The highest BCUT2D eigenvalue weighted by molar-refractivity contribution is 4.90. The van der Waals surface area contributed by atoms with Crippen molar-refractivity contribution in [2.24, 2.45) is 17.8 Å². The van der Waals surface area contributed by atoms with Gasteiger partial charge in [-0.1, -0.05) is 27.7 Å². The SMILES string of the molecule is CNCC1CCC1N(CC(C)C)CC(C)C. The zero-order valence-electron chi connectivity index (χ0n) is 11.8. The molecule has 0 aliphatic heterocycles. The summed E-state index contributed by atoms with van der Waals surface area (Å²) in [4.78, 5) is 2.74. The van der Waals surface area contributed by atoms with E-state index in [-0.39, 0.29) is 0 Å². The van der Waals surface area contributed by atoms with Crippen molar-refractivity contribution in [2.45, 2.75) is 46.6 Å². The molecule has 1 saturated carbocycles. The summed E-state index contributed by atoms with van der Waals surface area (Å²) >= 11 is 0. The van der Waals surface area contributed by atoms with E-state index in [9.17, 15) is 0 Å². The first-order valence-electron chi connectivity index (χ1n) is 6.93. The van der Waals surface area contributed by atoms with Gasteiger partial charge in [0.2, 0.25) is 0 Å². The summed E-state index contributed by atoms with van der Waals surface area (Å²) in [5.41, 5.74) is 0. The minimum Gasteiger partial charge on any atom is -0.319 e. The van der Waals surface area contributed by atoms with E-state index in [2.05, 4.69) is 45.0 Å². The summed E-state index contributed by atoms with van der Waals surface area (Å²) < 4.78 is 0. The first-order valence-corrected chi connectivity index (χ1v) is 6.93. The maximum atomic E-state index is 3.33. The molecule has 1 fully saturated rings. The molecule has 2 unspecified atom stereocenters. The second kappa shape index (κ2) is 6.61. The van der Waals surface area contributed by atoms with Crippen LogP contribution in [0.3, 0.4) is 0 Å². The Morgan fingerprint density at radius 2 is 1.62 bits per heavy atom. The van der Waals surface area contributed by atoms with Gasteiger partial charge in [0.25, 0.3) is 0 Å². The van der Waals surface area contributed by atoms with Crippen LogP contribution in [0.1, 0.15) is 40.5 Å². The number of nitrogens with one attached hydrogen (secondary N) is 1. The number of nitrogens with zero attached hydrogens (tertiary/aromatic N) is 1. The van der Waals surface area contributed by atoms with Crippen molar-refractivity contribution in [3.63, 3.8) is 0 Å². The van der Waals surface area contributed by atoms with Gasteiger partial charge in [-0.05, 0) is 44.2 Å². The maximum Gasteiger partial charge on any atom is 0.0136 e. The fraction of sp³-hybridized carbons (Fsp3) is 1.00. The minimum absolute atomic E-state index is 0.787. The molecule has 0 heterocycles. The Hall–Kier alpha value is -0.0800. The Kier molecular flexibility index (Phi) is 5.77. The average Bonchev–Trinajstić information content (AvgIpc) is 2.10. The van der Waals surface area contributed by atoms with E-state index in [4.69, 9.17) is 0 Å². The zero-order chi connectivity index (χ0) is 12.1. The Morgan fingerprint density at radius 1 is 1.06 bits per heavy atom. The Labute approximate surface area is 102 Å². The van der Waals surface area contributed by atoms with E-state index in [1.54, 1.807) is 0 Å². The van der Waals surface area contributed by atoms with Crippen LogP contribution in [0.5, 0.6) is 0 Å². The van der Waals surface area contributed by atoms with E-state index in [0.29, 0.717) is 0 Å². The van der Waals surface area contributed by atoms with Gasteiger partial charge in [0, 0.05) is 19.1 Å². The number of hydrogen-bond acceptors (Lipinski definition) is 2.